The monoisotopic (exact) mass is 397 g/mol. The number of ketones is 1. The Morgan fingerprint density at radius 1 is 1.00 bits per heavy atom. The standard InChI is InChI=1S/C18H14F3NO4S/c1-26-17(22-27(24,25)14-10-6-3-7-11-14)15(18(19,20)21)12-16(23)13-8-4-2-5-9-13/h2-12H,1H3/b15-12+,22-17?. The second kappa shape index (κ2) is 8.17. The van der Waals surface area contributed by atoms with Crippen molar-refractivity contribution in [3.05, 3.63) is 77.9 Å². The summed E-state index contributed by atoms with van der Waals surface area (Å²) in [5.74, 6) is -2.19. The first-order valence-corrected chi connectivity index (χ1v) is 8.92. The van der Waals surface area contributed by atoms with Crippen molar-refractivity contribution in [1.29, 1.82) is 0 Å². The van der Waals surface area contributed by atoms with Crippen LogP contribution in [0, 0.1) is 0 Å². The van der Waals surface area contributed by atoms with Gasteiger partial charge in [0.1, 0.15) is 5.57 Å². The van der Waals surface area contributed by atoms with Gasteiger partial charge in [-0.05, 0) is 12.1 Å². The molecule has 0 saturated carbocycles. The van der Waals surface area contributed by atoms with E-state index in [1.807, 2.05) is 0 Å². The van der Waals surface area contributed by atoms with Gasteiger partial charge >= 0.3 is 6.18 Å². The number of benzene rings is 2. The molecule has 0 unspecified atom stereocenters. The lowest BCUT2D eigenvalue weighted by atomic mass is 10.1. The maximum atomic E-state index is 13.4. The Kier molecular flexibility index (Phi) is 6.17. The number of methoxy groups -OCH3 is 1. The third kappa shape index (κ3) is 5.27. The van der Waals surface area contributed by atoms with Gasteiger partial charge in [0.2, 0.25) is 5.90 Å². The molecule has 2 aromatic rings. The van der Waals surface area contributed by atoms with Gasteiger partial charge < -0.3 is 4.74 Å². The fourth-order valence-corrected chi connectivity index (χ4v) is 3.03. The van der Waals surface area contributed by atoms with E-state index < -0.39 is 33.5 Å². The number of ether oxygens (including phenoxy) is 1. The van der Waals surface area contributed by atoms with E-state index in [1.54, 1.807) is 12.1 Å². The van der Waals surface area contributed by atoms with E-state index in [1.165, 1.54) is 48.5 Å². The Labute approximate surface area is 153 Å². The molecule has 142 valence electrons. The molecule has 2 aromatic carbocycles. The highest BCUT2D eigenvalue weighted by Gasteiger charge is 2.39. The van der Waals surface area contributed by atoms with Crippen LogP contribution in [0.4, 0.5) is 13.2 Å². The van der Waals surface area contributed by atoms with Crippen LogP contribution in [-0.2, 0) is 14.8 Å². The van der Waals surface area contributed by atoms with Crippen molar-refractivity contribution < 1.29 is 31.1 Å². The zero-order valence-corrected chi connectivity index (χ0v) is 14.8. The van der Waals surface area contributed by atoms with Crippen molar-refractivity contribution in [1.82, 2.24) is 0 Å². The van der Waals surface area contributed by atoms with E-state index in [0.717, 1.165) is 7.11 Å². The number of hydrogen-bond acceptors (Lipinski definition) is 4. The molecule has 9 heteroatoms. The molecule has 0 heterocycles. The summed E-state index contributed by atoms with van der Waals surface area (Å²) in [7, 11) is -3.63. The first-order chi connectivity index (χ1) is 12.6. The van der Waals surface area contributed by atoms with Crippen LogP contribution in [0.1, 0.15) is 10.4 Å². The van der Waals surface area contributed by atoms with Gasteiger partial charge in [-0.15, -0.1) is 4.40 Å². The van der Waals surface area contributed by atoms with Crippen molar-refractivity contribution in [2.75, 3.05) is 7.11 Å². The summed E-state index contributed by atoms with van der Waals surface area (Å²) in [5, 5.41) is 0. The summed E-state index contributed by atoms with van der Waals surface area (Å²) in [6.07, 6.45) is -4.80. The molecule has 0 N–H and O–H groups in total. The summed E-state index contributed by atoms with van der Waals surface area (Å²) in [6, 6.07) is 13.9. The molecule has 27 heavy (non-hydrogen) atoms. The molecule has 0 atom stereocenters. The van der Waals surface area contributed by atoms with E-state index in [2.05, 4.69) is 9.13 Å². The molecule has 0 radical (unpaired) electrons. The largest absolute Gasteiger partial charge is 0.480 e. The van der Waals surface area contributed by atoms with E-state index in [-0.39, 0.29) is 16.5 Å². The number of allylic oxidation sites excluding steroid dienone is 1. The minimum absolute atomic E-state index is 0.000574. The molecule has 0 bridgehead atoms. The van der Waals surface area contributed by atoms with Crippen LogP contribution in [0.15, 0.2) is 81.6 Å². The van der Waals surface area contributed by atoms with Crippen LogP contribution in [-0.4, -0.2) is 33.4 Å². The van der Waals surface area contributed by atoms with Gasteiger partial charge in [0, 0.05) is 11.6 Å². The van der Waals surface area contributed by atoms with E-state index in [0.29, 0.717) is 0 Å². The molecule has 2 rings (SSSR count). The van der Waals surface area contributed by atoms with Crippen LogP contribution in [0.3, 0.4) is 0 Å². The minimum atomic E-state index is -5.06. The highest BCUT2D eigenvalue weighted by Crippen LogP contribution is 2.28. The molecule has 0 spiro atoms. The number of hydrogen-bond donors (Lipinski definition) is 0. The zero-order chi connectivity index (χ0) is 20.1. The highest BCUT2D eigenvalue weighted by molar-refractivity contribution is 7.90. The molecule has 0 aliphatic carbocycles. The summed E-state index contributed by atoms with van der Waals surface area (Å²) in [5.41, 5.74) is -1.60. The van der Waals surface area contributed by atoms with Gasteiger partial charge in [-0.1, -0.05) is 48.5 Å². The normalized spacial score (nSPS) is 13.3. The fraction of sp³-hybridized carbons (Fsp3) is 0.111. The van der Waals surface area contributed by atoms with Gasteiger partial charge in [-0.2, -0.15) is 21.6 Å². The number of rotatable bonds is 5. The van der Waals surface area contributed by atoms with Gasteiger partial charge in [0.05, 0.1) is 12.0 Å². The lowest BCUT2D eigenvalue weighted by molar-refractivity contribution is -0.0876. The number of carbonyl (C=O) groups is 1. The first kappa shape index (κ1) is 20.4. The Bertz CT molecular complexity index is 967. The van der Waals surface area contributed by atoms with E-state index >= 15 is 0 Å². The highest BCUT2D eigenvalue weighted by atomic mass is 32.2. The maximum absolute atomic E-state index is 13.4. The fourth-order valence-electron chi connectivity index (χ4n) is 2.03. The van der Waals surface area contributed by atoms with Crippen molar-refractivity contribution in [3.63, 3.8) is 0 Å². The van der Waals surface area contributed by atoms with Crippen LogP contribution in [0.25, 0.3) is 0 Å². The summed E-state index contributed by atoms with van der Waals surface area (Å²) in [6.45, 7) is 0. The van der Waals surface area contributed by atoms with Crippen LogP contribution in [0.2, 0.25) is 0 Å². The van der Waals surface area contributed by atoms with Gasteiger partial charge in [0.15, 0.2) is 5.78 Å². The smallest absolute Gasteiger partial charge is 0.421 e. The molecule has 0 saturated heterocycles. The molecule has 0 aromatic heterocycles. The second-order valence-corrected chi connectivity index (χ2v) is 6.78. The Morgan fingerprint density at radius 3 is 2.00 bits per heavy atom. The minimum Gasteiger partial charge on any atom is -0.480 e. The summed E-state index contributed by atoms with van der Waals surface area (Å²) in [4.78, 5) is 11.8. The lowest BCUT2D eigenvalue weighted by Gasteiger charge is -2.13. The van der Waals surface area contributed by atoms with Crippen LogP contribution >= 0.6 is 0 Å². The van der Waals surface area contributed by atoms with Crippen LogP contribution < -0.4 is 0 Å². The average Bonchev–Trinajstić information content (AvgIpc) is 2.65. The summed E-state index contributed by atoms with van der Waals surface area (Å²) < 4.78 is 72.5. The van der Waals surface area contributed by atoms with Crippen molar-refractivity contribution in [2.45, 2.75) is 11.1 Å². The molecule has 0 amide bonds. The zero-order valence-electron chi connectivity index (χ0n) is 14.0. The summed E-state index contributed by atoms with van der Waals surface area (Å²) >= 11 is 0. The number of carbonyl (C=O) groups excluding carboxylic acids is 1. The SMILES string of the molecule is COC(=NS(=O)(=O)c1ccccc1)/C(=C\C(=O)c1ccccc1)C(F)(F)F. The Hall–Kier alpha value is -2.94. The second-order valence-electron chi connectivity index (χ2n) is 5.17. The lowest BCUT2D eigenvalue weighted by Crippen LogP contribution is -2.24. The predicted molar refractivity (Wildman–Crippen MR) is 93.0 cm³/mol. The van der Waals surface area contributed by atoms with E-state index in [4.69, 9.17) is 0 Å². The average molecular weight is 397 g/mol. The molecule has 5 nitrogen and oxygen atoms in total. The quantitative estimate of drug-likeness (QED) is 0.333. The maximum Gasteiger partial charge on any atom is 0.421 e. The number of halogens is 3. The third-order valence-corrected chi connectivity index (χ3v) is 4.58. The van der Waals surface area contributed by atoms with E-state index in [9.17, 15) is 26.4 Å². The first-order valence-electron chi connectivity index (χ1n) is 7.48. The Morgan fingerprint density at radius 2 is 1.52 bits per heavy atom. The van der Waals surface area contributed by atoms with Crippen molar-refractivity contribution in [3.8, 4) is 0 Å². The van der Waals surface area contributed by atoms with Crippen molar-refractivity contribution >= 4 is 21.7 Å². The third-order valence-electron chi connectivity index (χ3n) is 3.31. The number of alkyl halides is 3. The number of nitrogens with zero attached hydrogens (tertiary/aromatic N) is 1. The molecular formula is C18H14F3NO4S. The molecular weight excluding hydrogens is 383 g/mol. The number of sulfonamides is 1. The molecule has 0 aliphatic heterocycles. The predicted octanol–water partition coefficient (Wildman–Crippen LogP) is 3.79. The topological polar surface area (TPSA) is 72.8 Å². The Balaban J connectivity index is 2.54. The van der Waals surface area contributed by atoms with Crippen molar-refractivity contribution in [2.24, 2.45) is 4.40 Å². The van der Waals surface area contributed by atoms with Gasteiger partial charge in [-0.3, -0.25) is 4.79 Å². The van der Waals surface area contributed by atoms with Gasteiger partial charge in [-0.25, -0.2) is 0 Å². The van der Waals surface area contributed by atoms with Crippen LogP contribution in [0.5, 0.6) is 0 Å². The van der Waals surface area contributed by atoms with Gasteiger partial charge in [0.25, 0.3) is 10.0 Å². The molecule has 0 fully saturated rings. The molecule has 0 aliphatic rings.